The second-order valence-corrected chi connectivity index (χ2v) is 19.3. The largest absolute Gasteiger partial charge is 0.469 e. The highest BCUT2D eigenvalue weighted by molar-refractivity contribution is 5.70. The van der Waals surface area contributed by atoms with Crippen molar-refractivity contribution < 1.29 is 38.1 Å². The Balaban J connectivity index is 5.02. The Hall–Kier alpha value is -2.28. The summed E-state index contributed by atoms with van der Waals surface area (Å²) < 4.78 is 21.8. The number of rotatable bonds is 53. The SMILES string of the molecule is CCCCCCCCCCCOC(=O)CCN(CCC(=O)OC)CCN(CC)CCN(CC)CCN(CCC(=O)OCCCCCCCCCCC)CCC(=O)OCCCCCCCCCCC. The van der Waals surface area contributed by atoms with Gasteiger partial charge in [-0.1, -0.05) is 189 Å². The van der Waals surface area contributed by atoms with Gasteiger partial charge in [0.2, 0.25) is 0 Å². The molecule has 0 fully saturated rings. The number of methoxy groups -OCH3 is 1. The molecule has 402 valence electrons. The van der Waals surface area contributed by atoms with Crippen LogP contribution in [0.2, 0.25) is 0 Å². The molecule has 0 aromatic rings. The zero-order valence-corrected chi connectivity index (χ0v) is 45.6. The molecule has 0 atom stereocenters. The zero-order chi connectivity index (χ0) is 50.0. The Morgan fingerprint density at radius 2 is 0.500 bits per heavy atom. The van der Waals surface area contributed by atoms with E-state index in [4.69, 9.17) is 18.9 Å². The first kappa shape index (κ1) is 65.7. The van der Waals surface area contributed by atoms with Gasteiger partial charge in [-0.3, -0.25) is 19.2 Å². The Bertz CT molecular complexity index is 1110. The summed E-state index contributed by atoms with van der Waals surface area (Å²) in [5, 5.41) is 0. The number of hydrogen-bond acceptors (Lipinski definition) is 12. The highest BCUT2D eigenvalue weighted by Gasteiger charge is 2.17. The Labute approximate surface area is 419 Å². The highest BCUT2D eigenvalue weighted by Crippen LogP contribution is 2.13. The summed E-state index contributed by atoms with van der Waals surface area (Å²) in [6.07, 6.45) is 34.3. The van der Waals surface area contributed by atoms with Crippen molar-refractivity contribution in [3.63, 3.8) is 0 Å². The van der Waals surface area contributed by atoms with Gasteiger partial charge in [-0.25, -0.2) is 0 Å². The first-order valence-corrected chi connectivity index (χ1v) is 28.7. The number of carbonyl (C=O) groups excluding carboxylic acids is 4. The molecule has 68 heavy (non-hydrogen) atoms. The standard InChI is InChI=1S/C56H110N4O8/c1-7-12-15-18-21-24-27-30-33-50-66-54(62)37-41-59(40-36-53(61)65-6)48-46-57(10-4)44-45-58(11-5)47-49-60(42-38-55(63)67-51-34-31-28-25-22-19-16-13-8-2)43-39-56(64)68-52-35-32-29-26-23-20-17-14-9-3/h7-52H2,1-6H3. The van der Waals surface area contributed by atoms with Gasteiger partial charge in [-0.2, -0.15) is 0 Å². The van der Waals surface area contributed by atoms with E-state index < -0.39 is 0 Å². The van der Waals surface area contributed by atoms with Crippen LogP contribution in [0.25, 0.3) is 0 Å². The van der Waals surface area contributed by atoms with Crippen LogP contribution in [0.4, 0.5) is 0 Å². The van der Waals surface area contributed by atoms with Gasteiger partial charge >= 0.3 is 23.9 Å². The van der Waals surface area contributed by atoms with Gasteiger partial charge in [0, 0.05) is 65.4 Å². The van der Waals surface area contributed by atoms with Crippen LogP contribution in [0.1, 0.15) is 234 Å². The summed E-state index contributed by atoms with van der Waals surface area (Å²) in [7, 11) is 1.41. The van der Waals surface area contributed by atoms with E-state index in [0.717, 1.165) is 90.9 Å². The van der Waals surface area contributed by atoms with Crippen LogP contribution in [0.3, 0.4) is 0 Å². The minimum absolute atomic E-state index is 0.167. The molecule has 0 amide bonds. The molecule has 12 nitrogen and oxygen atoms in total. The fraction of sp³-hybridized carbons (Fsp3) is 0.929. The predicted molar refractivity (Wildman–Crippen MR) is 282 cm³/mol. The molecule has 0 aromatic heterocycles. The molecule has 0 saturated heterocycles. The molecule has 0 aliphatic rings. The first-order chi connectivity index (χ1) is 33.2. The average Bonchev–Trinajstić information content (AvgIpc) is 3.34. The minimum atomic E-state index is -0.250. The Morgan fingerprint density at radius 1 is 0.279 bits per heavy atom. The Morgan fingerprint density at radius 3 is 0.735 bits per heavy atom. The lowest BCUT2D eigenvalue weighted by atomic mass is 10.1. The number of ether oxygens (including phenoxy) is 4. The molecule has 0 aromatic carbocycles. The summed E-state index contributed by atoms with van der Waals surface area (Å²) in [5.74, 6) is -0.760. The zero-order valence-electron chi connectivity index (χ0n) is 45.6. The van der Waals surface area contributed by atoms with Gasteiger partial charge in [0.15, 0.2) is 0 Å². The molecule has 0 heterocycles. The lowest BCUT2D eigenvalue weighted by molar-refractivity contribution is -0.145. The third kappa shape index (κ3) is 44.9. The molecule has 0 radical (unpaired) electrons. The fourth-order valence-corrected chi connectivity index (χ4v) is 8.49. The van der Waals surface area contributed by atoms with Crippen molar-refractivity contribution in [2.45, 2.75) is 234 Å². The van der Waals surface area contributed by atoms with E-state index >= 15 is 0 Å². The van der Waals surface area contributed by atoms with Crippen LogP contribution in [0.15, 0.2) is 0 Å². The van der Waals surface area contributed by atoms with Crippen molar-refractivity contribution >= 4 is 23.9 Å². The maximum Gasteiger partial charge on any atom is 0.307 e. The predicted octanol–water partition coefficient (Wildman–Crippen LogP) is 12.2. The first-order valence-electron chi connectivity index (χ1n) is 28.7. The molecular formula is C56H110N4O8. The summed E-state index contributed by atoms with van der Waals surface area (Å²) in [6, 6.07) is 0. The van der Waals surface area contributed by atoms with Crippen molar-refractivity contribution in [1.29, 1.82) is 0 Å². The summed E-state index contributed by atoms with van der Waals surface area (Å²) in [5.41, 5.74) is 0. The van der Waals surface area contributed by atoms with Gasteiger partial charge in [-0.05, 0) is 32.4 Å². The highest BCUT2D eigenvalue weighted by atomic mass is 16.5. The quantitative estimate of drug-likeness (QED) is 0.0328. The van der Waals surface area contributed by atoms with Gasteiger partial charge in [0.1, 0.15) is 0 Å². The smallest absolute Gasteiger partial charge is 0.307 e. The molecule has 0 spiro atoms. The number of hydrogen-bond donors (Lipinski definition) is 0. The lowest BCUT2D eigenvalue weighted by Crippen LogP contribution is -2.43. The number of unbranched alkanes of at least 4 members (excludes halogenated alkanes) is 24. The third-order valence-electron chi connectivity index (χ3n) is 13.4. The minimum Gasteiger partial charge on any atom is -0.469 e. The molecular weight excluding hydrogens is 857 g/mol. The molecule has 0 aliphatic carbocycles. The van der Waals surface area contributed by atoms with Crippen LogP contribution in [-0.4, -0.2) is 149 Å². The monoisotopic (exact) mass is 967 g/mol. The number of carbonyl (C=O) groups is 4. The summed E-state index contributed by atoms with van der Waals surface area (Å²) in [4.78, 5) is 59.6. The maximum absolute atomic E-state index is 12.8. The van der Waals surface area contributed by atoms with Gasteiger partial charge < -0.3 is 38.5 Å². The summed E-state index contributed by atoms with van der Waals surface area (Å²) in [6.45, 7) is 21.4. The maximum atomic E-state index is 12.8. The van der Waals surface area contributed by atoms with Crippen molar-refractivity contribution in [2.75, 3.05) is 105 Å². The van der Waals surface area contributed by atoms with Crippen LogP contribution in [0.5, 0.6) is 0 Å². The molecule has 0 rings (SSSR count). The molecule has 12 heteroatoms. The number of esters is 4. The molecule has 0 aliphatic heterocycles. The normalized spacial score (nSPS) is 11.6. The van der Waals surface area contributed by atoms with Crippen LogP contribution < -0.4 is 0 Å². The molecule has 0 unspecified atom stereocenters. The third-order valence-corrected chi connectivity index (χ3v) is 13.4. The van der Waals surface area contributed by atoms with Crippen molar-refractivity contribution in [3.05, 3.63) is 0 Å². The van der Waals surface area contributed by atoms with Gasteiger partial charge in [0.25, 0.3) is 0 Å². The molecule has 0 N–H and O–H groups in total. The van der Waals surface area contributed by atoms with Crippen molar-refractivity contribution in [1.82, 2.24) is 19.6 Å². The van der Waals surface area contributed by atoms with E-state index in [1.807, 2.05) is 0 Å². The van der Waals surface area contributed by atoms with E-state index in [-0.39, 0.29) is 30.3 Å². The van der Waals surface area contributed by atoms with Crippen LogP contribution in [0, 0.1) is 0 Å². The van der Waals surface area contributed by atoms with Crippen LogP contribution >= 0.6 is 0 Å². The second kappa shape index (κ2) is 51.1. The number of nitrogens with zero attached hydrogens (tertiary/aromatic N) is 4. The second-order valence-electron chi connectivity index (χ2n) is 19.3. The van der Waals surface area contributed by atoms with Crippen molar-refractivity contribution in [3.8, 4) is 0 Å². The van der Waals surface area contributed by atoms with E-state index in [2.05, 4.69) is 54.2 Å². The van der Waals surface area contributed by atoms with Gasteiger partial charge in [0.05, 0.1) is 52.6 Å². The van der Waals surface area contributed by atoms with E-state index in [9.17, 15) is 19.2 Å². The van der Waals surface area contributed by atoms with Crippen LogP contribution in [-0.2, 0) is 38.1 Å². The lowest BCUT2D eigenvalue weighted by Gasteiger charge is -2.30. The van der Waals surface area contributed by atoms with E-state index in [1.54, 1.807) is 0 Å². The molecule has 0 saturated carbocycles. The van der Waals surface area contributed by atoms with Gasteiger partial charge in [-0.15, -0.1) is 0 Å². The fourth-order valence-electron chi connectivity index (χ4n) is 8.49. The average molecular weight is 968 g/mol. The topological polar surface area (TPSA) is 118 Å². The molecule has 0 bridgehead atoms. The Kier molecular flexibility index (Phi) is 49.4. The van der Waals surface area contributed by atoms with E-state index in [1.165, 1.54) is 142 Å². The van der Waals surface area contributed by atoms with Crippen molar-refractivity contribution in [2.24, 2.45) is 0 Å². The number of likely N-dealkylation sites (N-methyl/N-ethyl adjacent to an activating group) is 2. The summed E-state index contributed by atoms with van der Waals surface area (Å²) >= 11 is 0. The van der Waals surface area contributed by atoms with E-state index in [0.29, 0.717) is 65.3 Å².